The first-order chi connectivity index (χ1) is 11.3. The molecule has 0 saturated carbocycles. The Bertz CT molecular complexity index is 746. The van der Waals surface area contributed by atoms with Crippen LogP contribution in [-0.2, 0) is 23.0 Å². The highest BCUT2D eigenvalue weighted by Crippen LogP contribution is 2.15. The molecular weight excluding hydrogens is 306 g/mol. The van der Waals surface area contributed by atoms with E-state index in [9.17, 15) is 9.59 Å². The largest absolute Gasteiger partial charge is 0.459 e. The summed E-state index contributed by atoms with van der Waals surface area (Å²) >= 11 is 0. The molecule has 1 aromatic carbocycles. The number of hydrogen-bond donors (Lipinski definition) is 1. The average Bonchev–Trinajstić information content (AvgIpc) is 2.73. The van der Waals surface area contributed by atoms with Gasteiger partial charge in [-0.25, -0.2) is 4.79 Å². The van der Waals surface area contributed by atoms with Crippen LogP contribution < -0.4 is 5.32 Å². The number of benzene rings is 1. The first-order valence-electron chi connectivity index (χ1n) is 7.88. The molecule has 0 aliphatic rings. The zero-order valence-electron chi connectivity index (χ0n) is 14.7. The summed E-state index contributed by atoms with van der Waals surface area (Å²) < 4.78 is 6.90. The van der Waals surface area contributed by atoms with Crippen molar-refractivity contribution in [2.24, 2.45) is 7.05 Å². The number of hydrogen-bond acceptors (Lipinski definition) is 4. The minimum atomic E-state index is -0.371. The van der Waals surface area contributed by atoms with Gasteiger partial charge in [0, 0.05) is 24.0 Å². The van der Waals surface area contributed by atoms with Crippen LogP contribution in [0.15, 0.2) is 24.3 Å². The van der Waals surface area contributed by atoms with E-state index in [2.05, 4.69) is 10.4 Å². The highest BCUT2D eigenvalue weighted by Gasteiger charge is 2.14. The van der Waals surface area contributed by atoms with E-state index in [4.69, 9.17) is 4.74 Å². The van der Waals surface area contributed by atoms with Crippen LogP contribution in [0.2, 0.25) is 0 Å². The molecule has 0 unspecified atom stereocenters. The van der Waals surface area contributed by atoms with Crippen LogP contribution in [0.5, 0.6) is 0 Å². The number of ether oxygens (including phenoxy) is 1. The lowest BCUT2D eigenvalue weighted by Gasteiger charge is -2.09. The van der Waals surface area contributed by atoms with Gasteiger partial charge in [0.15, 0.2) is 0 Å². The van der Waals surface area contributed by atoms with Crippen molar-refractivity contribution in [3.8, 4) is 0 Å². The minimum absolute atomic E-state index is 0.119. The SMILES string of the molecule is Cc1nn(C)c(C)c1CC(=O)Nc1ccc(C(=O)OC(C)C)cc1. The van der Waals surface area contributed by atoms with Gasteiger partial charge in [-0.15, -0.1) is 0 Å². The van der Waals surface area contributed by atoms with Crippen molar-refractivity contribution >= 4 is 17.6 Å². The summed E-state index contributed by atoms with van der Waals surface area (Å²) in [5, 5.41) is 7.14. The van der Waals surface area contributed by atoms with Crippen molar-refractivity contribution in [2.45, 2.75) is 40.2 Å². The number of aryl methyl sites for hydroxylation is 2. The van der Waals surface area contributed by atoms with Gasteiger partial charge in [0.25, 0.3) is 0 Å². The predicted molar refractivity (Wildman–Crippen MR) is 92.0 cm³/mol. The molecule has 0 radical (unpaired) electrons. The van der Waals surface area contributed by atoms with Crippen LogP contribution in [0.3, 0.4) is 0 Å². The molecule has 1 aromatic heterocycles. The molecule has 1 N–H and O–H groups in total. The molecule has 0 fully saturated rings. The standard InChI is InChI=1S/C18H23N3O3/c1-11(2)24-18(23)14-6-8-15(9-7-14)19-17(22)10-16-12(3)20-21(5)13(16)4/h6-9,11H,10H2,1-5H3,(H,19,22). The molecule has 0 spiro atoms. The molecule has 1 heterocycles. The number of esters is 1. The molecule has 0 saturated heterocycles. The van der Waals surface area contributed by atoms with Crippen molar-refractivity contribution in [1.82, 2.24) is 9.78 Å². The van der Waals surface area contributed by atoms with Crippen LogP contribution in [0.1, 0.15) is 41.2 Å². The number of rotatable bonds is 5. The van der Waals surface area contributed by atoms with Gasteiger partial charge < -0.3 is 10.1 Å². The number of anilines is 1. The maximum atomic E-state index is 12.2. The molecule has 0 atom stereocenters. The van der Waals surface area contributed by atoms with Gasteiger partial charge in [-0.1, -0.05) is 0 Å². The third-order valence-electron chi connectivity index (χ3n) is 3.74. The number of carbonyl (C=O) groups excluding carboxylic acids is 2. The number of nitrogens with zero attached hydrogens (tertiary/aromatic N) is 2. The van der Waals surface area contributed by atoms with Crippen molar-refractivity contribution in [1.29, 1.82) is 0 Å². The van der Waals surface area contributed by atoms with E-state index in [1.54, 1.807) is 42.8 Å². The molecule has 1 amide bonds. The number of aromatic nitrogens is 2. The van der Waals surface area contributed by atoms with E-state index in [1.165, 1.54) is 0 Å². The van der Waals surface area contributed by atoms with Crippen molar-refractivity contribution in [3.05, 3.63) is 46.8 Å². The Labute approximate surface area is 141 Å². The first-order valence-corrected chi connectivity index (χ1v) is 7.88. The van der Waals surface area contributed by atoms with Gasteiger partial charge >= 0.3 is 5.97 Å². The van der Waals surface area contributed by atoms with Gasteiger partial charge in [0.05, 0.1) is 23.8 Å². The van der Waals surface area contributed by atoms with E-state index in [0.717, 1.165) is 17.0 Å². The van der Waals surface area contributed by atoms with E-state index in [-0.39, 0.29) is 24.4 Å². The Balaban J connectivity index is 2.00. The zero-order chi connectivity index (χ0) is 17.9. The second kappa shape index (κ2) is 7.29. The molecule has 128 valence electrons. The van der Waals surface area contributed by atoms with Gasteiger partial charge in [-0.05, 0) is 52.0 Å². The number of carbonyl (C=O) groups is 2. The second-order valence-electron chi connectivity index (χ2n) is 6.03. The summed E-state index contributed by atoms with van der Waals surface area (Å²) in [5.74, 6) is -0.490. The Kier molecular flexibility index (Phi) is 5.39. The fourth-order valence-corrected chi connectivity index (χ4v) is 2.41. The Hall–Kier alpha value is -2.63. The van der Waals surface area contributed by atoms with Crippen molar-refractivity contribution in [2.75, 3.05) is 5.32 Å². The summed E-state index contributed by atoms with van der Waals surface area (Å²) in [4.78, 5) is 24.0. The summed E-state index contributed by atoms with van der Waals surface area (Å²) in [6.07, 6.45) is 0.102. The number of nitrogens with one attached hydrogen (secondary N) is 1. The summed E-state index contributed by atoms with van der Waals surface area (Å²) in [6.45, 7) is 7.44. The number of amides is 1. The van der Waals surface area contributed by atoms with E-state index >= 15 is 0 Å². The molecule has 2 rings (SSSR count). The van der Waals surface area contributed by atoms with E-state index < -0.39 is 0 Å². The lowest BCUT2D eigenvalue weighted by molar-refractivity contribution is -0.115. The zero-order valence-corrected chi connectivity index (χ0v) is 14.7. The molecule has 0 aliphatic heterocycles. The molecule has 24 heavy (non-hydrogen) atoms. The lowest BCUT2D eigenvalue weighted by atomic mass is 10.1. The van der Waals surface area contributed by atoms with E-state index in [0.29, 0.717) is 11.3 Å². The fraction of sp³-hybridized carbons (Fsp3) is 0.389. The first kappa shape index (κ1) is 17.7. The monoisotopic (exact) mass is 329 g/mol. The highest BCUT2D eigenvalue weighted by atomic mass is 16.5. The van der Waals surface area contributed by atoms with Gasteiger partial charge in [-0.2, -0.15) is 5.10 Å². The summed E-state index contributed by atoms with van der Waals surface area (Å²) in [6, 6.07) is 6.66. The van der Waals surface area contributed by atoms with Crippen molar-refractivity contribution in [3.63, 3.8) is 0 Å². The maximum Gasteiger partial charge on any atom is 0.338 e. The third-order valence-corrected chi connectivity index (χ3v) is 3.74. The van der Waals surface area contributed by atoms with Crippen LogP contribution in [0.25, 0.3) is 0 Å². The van der Waals surface area contributed by atoms with Gasteiger partial charge in [0.2, 0.25) is 5.91 Å². The van der Waals surface area contributed by atoms with Crippen LogP contribution in [0, 0.1) is 13.8 Å². The smallest absolute Gasteiger partial charge is 0.338 e. The Morgan fingerprint density at radius 1 is 1.21 bits per heavy atom. The maximum absolute atomic E-state index is 12.2. The molecule has 2 aromatic rings. The highest BCUT2D eigenvalue weighted by molar-refractivity contribution is 5.94. The lowest BCUT2D eigenvalue weighted by Crippen LogP contribution is -2.16. The van der Waals surface area contributed by atoms with Crippen LogP contribution in [-0.4, -0.2) is 27.8 Å². The molecule has 6 heteroatoms. The fourth-order valence-electron chi connectivity index (χ4n) is 2.41. The minimum Gasteiger partial charge on any atom is -0.459 e. The molecular formula is C18H23N3O3. The summed E-state index contributed by atoms with van der Waals surface area (Å²) in [7, 11) is 1.86. The molecule has 0 aliphatic carbocycles. The molecule has 6 nitrogen and oxygen atoms in total. The predicted octanol–water partition coefficient (Wildman–Crippen LogP) is 2.78. The van der Waals surface area contributed by atoms with Crippen LogP contribution in [0.4, 0.5) is 5.69 Å². The Morgan fingerprint density at radius 3 is 2.33 bits per heavy atom. The topological polar surface area (TPSA) is 73.2 Å². The van der Waals surface area contributed by atoms with Crippen molar-refractivity contribution < 1.29 is 14.3 Å². The normalized spacial score (nSPS) is 10.8. The van der Waals surface area contributed by atoms with Crippen LogP contribution >= 0.6 is 0 Å². The molecule has 0 bridgehead atoms. The Morgan fingerprint density at radius 2 is 1.83 bits per heavy atom. The van der Waals surface area contributed by atoms with Gasteiger partial charge in [0.1, 0.15) is 0 Å². The summed E-state index contributed by atoms with van der Waals surface area (Å²) in [5.41, 5.74) is 3.87. The second-order valence-corrected chi connectivity index (χ2v) is 6.03. The average molecular weight is 329 g/mol. The quantitative estimate of drug-likeness (QED) is 0.856. The third kappa shape index (κ3) is 4.22. The van der Waals surface area contributed by atoms with Gasteiger partial charge in [-0.3, -0.25) is 9.48 Å². The van der Waals surface area contributed by atoms with E-state index in [1.807, 2.05) is 20.9 Å².